The zero-order chi connectivity index (χ0) is 10.6. The number of alkyl halides is 1. The van der Waals surface area contributed by atoms with Crippen LogP contribution in [0.5, 0.6) is 0 Å². The first-order valence-electron chi connectivity index (χ1n) is 4.41. The Morgan fingerprint density at radius 1 is 1.54 bits per heavy atom. The van der Waals surface area contributed by atoms with E-state index in [1.165, 1.54) is 0 Å². The van der Waals surface area contributed by atoms with Crippen molar-refractivity contribution >= 4 is 21.8 Å². The third kappa shape index (κ3) is 4.09. The lowest BCUT2D eigenvalue weighted by molar-refractivity contribution is -0.135. The number of amides is 1. The maximum absolute atomic E-state index is 11.8. The number of carbonyl (C=O) groups is 1. The molecule has 0 rings (SSSR count). The van der Waals surface area contributed by atoms with Gasteiger partial charge in [0.1, 0.15) is 0 Å². The van der Waals surface area contributed by atoms with Crippen LogP contribution in [-0.4, -0.2) is 39.4 Å². The van der Waals surface area contributed by atoms with Crippen molar-refractivity contribution in [1.82, 2.24) is 4.90 Å². The predicted octanol–water partition coefficient (Wildman–Crippen LogP) is 1.39. The first-order chi connectivity index (χ1) is 5.80. The van der Waals surface area contributed by atoms with E-state index in [0.717, 1.165) is 0 Å². The van der Waals surface area contributed by atoms with Gasteiger partial charge in [-0.25, -0.2) is 0 Å². The van der Waals surface area contributed by atoms with E-state index >= 15 is 0 Å². The number of aliphatic hydroxyl groups excluding tert-OH is 1. The Labute approximate surface area is 88.2 Å². The van der Waals surface area contributed by atoms with Crippen LogP contribution in [-0.2, 0) is 4.79 Å². The molecule has 1 N–H and O–H groups in total. The first kappa shape index (κ1) is 12.9. The maximum atomic E-state index is 11.8. The number of nitrogens with zero attached hydrogens (tertiary/aromatic N) is 1. The lowest BCUT2D eigenvalue weighted by atomic mass is 10.1. The Balaban J connectivity index is 4.47. The van der Waals surface area contributed by atoms with E-state index in [4.69, 9.17) is 5.11 Å². The molecule has 78 valence electrons. The van der Waals surface area contributed by atoms with E-state index in [-0.39, 0.29) is 18.6 Å². The predicted molar refractivity (Wildman–Crippen MR) is 56.9 cm³/mol. The molecule has 0 aliphatic carbocycles. The van der Waals surface area contributed by atoms with Gasteiger partial charge in [0.25, 0.3) is 0 Å². The lowest BCUT2D eigenvalue weighted by Gasteiger charge is -2.31. The SMILES string of the molecule is CC(C)N(CCO)C(=O)C(C)(C)Br. The van der Waals surface area contributed by atoms with Crippen molar-refractivity contribution in [3.8, 4) is 0 Å². The molecule has 0 saturated heterocycles. The molecule has 0 spiro atoms. The van der Waals surface area contributed by atoms with E-state index in [1.54, 1.807) is 4.90 Å². The summed E-state index contributed by atoms with van der Waals surface area (Å²) in [5.74, 6) is 0.0107. The minimum Gasteiger partial charge on any atom is -0.395 e. The zero-order valence-corrected chi connectivity index (χ0v) is 10.3. The van der Waals surface area contributed by atoms with Crippen LogP contribution in [0.2, 0.25) is 0 Å². The zero-order valence-electron chi connectivity index (χ0n) is 8.67. The second-order valence-electron chi connectivity index (χ2n) is 3.79. The number of hydrogen-bond acceptors (Lipinski definition) is 2. The highest BCUT2D eigenvalue weighted by Crippen LogP contribution is 2.20. The molecule has 0 aromatic carbocycles. The summed E-state index contributed by atoms with van der Waals surface area (Å²) in [7, 11) is 0. The Morgan fingerprint density at radius 3 is 2.23 bits per heavy atom. The monoisotopic (exact) mass is 251 g/mol. The van der Waals surface area contributed by atoms with Crippen LogP contribution in [0.3, 0.4) is 0 Å². The summed E-state index contributed by atoms with van der Waals surface area (Å²) in [6, 6.07) is 0.122. The second-order valence-corrected chi connectivity index (χ2v) is 5.77. The third-order valence-corrected chi connectivity index (χ3v) is 2.07. The van der Waals surface area contributed by atoms with Crippen molar-refractivity contribution in [3.05, 3.63) is 0 Å². The molecule has 4 heteroatoms. The molecule has 1 amide bonds. The lowest BCUT2D eigenvalue weighted by Crippen LogP contribution is -2.46. The molecule has 0 fully saturated rings. The fraction of sp³-hybridized carbons (Fsp3) is 0.889. The molecule has 0 radical (unpaired) electrons. The van der Waals surface area contributed by atoms with Gasteiger partial charge in [0, 0.05) is 12.6 Å². The fourth-order valence-electron chi connectivity index (χ4n) is 1.04. The van der Waals surface area contributed by atoms with E-state index in [2.05, 4.69) is 15.9 Å². The van der Waals surface area contributed by atoms with Crippen LogP contribution in [0, 0.1) is 0 Å². The van der Waals surface area contributed by atoms with Gasteiger partial charge in [-0.15, -0.1) is 0 Å². The van der Waals surface area contributed by atoms with Crippen LogP contribution in [0.15, 0.2) is 0 Å². The van der Waals surface area contributed by atoms with Gasteiger partial charge in [-0.3, -0.25) is 4.79 Å². The summed E-state index contributed by atoms with van der Waals surface area (Å²) in [6.45, 7) is 7.89. The minimum atomic E-state index is -0.549. The van der Waals surface area contributed by atoms with E-state index in [9.17, 15) is 4.79 Å². The van der Waals surface area contributed by atoms with Crippen molar-refractivity contribution < 1.29 is 9.90 Å². The highest BCUT2D eigenvalue weighted by molar-refractivity contribution is 9.10. The van der Waals surface area contributed by atoms with Gasteiger partial charge in [-0.05, 0) is 27.7 Å². The molecule has 0 bridgehead atoms. The summed E-state index contributed by atoms with van der Waals surface area (Å²) < 4.78 is -0.549. The number of rotatable bonds is 4. The van der Waals surface area contributed by atoms with Crippen molar-refractivity contribution in [3.63, 3.8) is 0 Å². The number of halogens is 1. The Morgan fingerprint density at radius 2 is 2.00 bits per heavy atom. The van der Waals surface area contributed by atoms with Crippen LogP contribution < -0.4 is 0 Å². The first-order valence-corrected chi connectivity index (χ1v) is 5.21. The van der Waals surface area contributed by atoms with Gasteiger partial charge in [0.15, 0.2) is 0 Å². The summed E-state index contributed by atoms with van der Waals surface area (Å²) in [4.78, 5) is 13.4. The van der Waals surface area contributed by atoms with Crippen LogP contribution in [0.25, 0.3) is 0 Å². The molecule has 0 heterocycles. The average Bonchev–Trinajstić information content (AvgIpc) is 1.96. The number of hydrogen-bond donors (Lipinski definition) is 1. The highest BCUT2D eigenvalue weighted by Gasteiger charge is 2.29. The quantitative estimate of drug-likeness (QED) is 0.768. The van der Waals surface area contributed by atoms with E-state index < -0.39 is 4.32 Å². The van der Waals surface area contributed by atoms with Crippen LogP contribution in [0.1, 0.15) is 27.7 Å². The third-order valence-electron chi connectivity index (χ3n) is 1.73. The van der Waals surface area contributed by atoms with Crippen molar-refractivity contribution in [2.45, 2.75) is 38.1 Å². The van der Waals surface area contributed by atoms with Gasteiger partial charge in [-0.2, -0.15) is 0 Å². The average molecular weight is 252 g/mol. The maximum Gasteiger partial charge on any atom is 0.239 e. The Hall–Kier alpha value is -0.0900. The van der Waals surface area contributed by atoms with Gasteiger partial charge >= 0.3 is 0 Å². The molecule has 0 aliphatic heterocycles. The summed E-state index contributed by atoms with van der Waals surface area (Å²) in [5.41, 5.74) is 0. The van der Waals surface area contributed by atoms with Crippen molar-refractivity contribution in [2.75, 3.05) is 13.2 Å². The van der Waals surface area contributed by atoms with Crippen LogP contribution in [0.4, 0.5) is 0 Å². The second kappa shape index (κ2) is 4.96. The van der Waals surface area contributed by atoms with Crippen LogP contribution >= 0.6 is 15.9 Å². The molecule has 3 nitrogen and oxygen atoms in total. The van der Waals surface area contributed by atoms with E-state index in [1.807, 2.05) is 27.7 Å². The molecule has 0 atom stereocenters. The smallest absolute Gasteiger partial charge is 0.239 e. The minimum absolute atomic E-state index is 0.00694. The molecule has 13 heavy (non-hydrogen) atoms. The Bertz CT molecular complexity index is 175. The van der Waals surface area contributed by atoms with Gasteiger partial charge in [0.05, 0.1) is 10.9 Å². The molecule has 0 aliphatic rings. The molecule has 0 aromatic rings. The number of carbonyl (C=O) groups excluding carboxylic acids is 1. The topological polar surface area (TPSA) is 40.5 Å². The summed E-state index contributed by atoms with van der Waals surface area (Å²) in [6.07, 6.45) is 0. The summed E-state index contributed by atoms with van der Waals surface area (Å²) >= 11 is 3.31. The summed E-state index contributed by atoms with van der Waals surface area (Å²) in [5, 5.41) is 8.79. The van der Waals surface area contributed by atoms with Crippen molar-refractivity contribution in [2.24, 2.45) is 0 Å². The highest BCUT2D eigenvalue weighted by atomic mass is 79.9. The molecule has 0 saturated carbocycles. The standard InChI is InChI=1S/C9H18BrNO2/c1-7(2)11(5-6-12)8(13)9(3,4)10/h7,12H,5-6H2,1-4H3. The van der Waals surface area contributed by atoms with Crippen molar-refractivity contribution in [1.29, 1.82) is 0 Å². The van der Waals surface area contributed by atoms with E-state index in [0.29, 0.717) is 6.54 Å². The molecular formula is C9H18BrNO2. The van der Waals surface area contributed by atoms with Gasteiger partial charge in [-0.1, -0.05) is 15.9 Å². The number of aliphatic hydroxyl groups is 1. The largest absolute Gasteiger partial charge is 0.395 e. The van der Waals surface area contributed by atoms with Gasteiger partial charge in [0.2, 0.25) is 5.91 Å². The molecule has 0 aromatic heterocycles. The molecular weight excluding hydrogens is 234 g/mol. The Kier molecular flexibility index (Phi) is 4.92. The fourth-order valence-corrected chi connectivity index (χ4v) is 1.27. The molecule has 0 unspecified atom stereocenters. The van der Waals surface area contributed by atoms with Gasteiger partial charge < -0.3 is 10.0 Å². The normalized spacial score (nSPS) is 11.9.